The molecule has 7 heteroatoms. The highest BCUT2D eigenvalue weighted by molar-refractivity contribution is 6.07. The third kappa shape index (κ3) is 6.88. The lowest BCUT2D eigenvalue weighted by Crippen LogP contribution is -2.36. The zero-order valence-electron chi connectivity index (χ0n) is 20.4. The highest BCUT2D eigenvalue weighted by Crippen LogP contribution is 2.40. The van der Waals surface area contributed by atoms with E-state index in [1.165, 1.54) is 6.08 Å². The second kappa shape index (κ2) is 11.1. The molecule has 1 aliphatic rings. The molecule has 0 radical (unpaired) electrons. The molecule has 1 aliphatic heterocycles. The smallest absolute Gasteiger partial charge is 0.336 e. The Bertz CT molecular complexity index is 979. The molecule has 2 unspecified atom stereocenters. The van der Waals surface area contributed by atoms with Gasteiger partial charge < -0.3 is 14.2 Å². The van der Waals surface area contributed by atoms with E-state index in [-0.39, 0.29) is 13.2 Å². The number of esters is 3. The van der Waals surface area contributed by atoms with Crippen LogP contribution in [0.25, 0.3) is 6.08 Å². The Kier molecular flexibility index (Phi) is 8.74. The number of carbonyl (C=O) groups is 3. The van der Waals surface area contributed by atoms with E-state index in [1.807, 2.05) is 24.3 Å². The van der Waals surface area contributed by atoms with Gasteiger partial charge in [-0.05, 0) is 65.7 Å². The number of nitrogens with zero attached hydrogens (tertiary/aromatic N) is 1. The van der Waals surface area contributed by atoms with Crippen LogP contribution in [0.2, 0.25) is 0 Å². The van der Waals surface area contributed by atoms with E-state index >= 15 is 0 Å². The summed E-state index contributed by atoms with van der Waals surface area (Å²) in [4.78, 5) is 42.1. The summed E-state index contributed by atoms with van der Waals surface area (Å²) in [5, 5.41) is 0. The molecule has 0 amide bonds. The summed E-state index contributed by atoms with van der Waals surface area (Å²) >= 11 is 0. The van der Waals surface area contributed by atoms with Gasteiger partial charge in [-0.1, -0.05) is 24.3 Å². The van der Waals surface area contributed by atoms with Crippen molar-refractivity contribution in [1.82, 2.24) is 0 Å². The van der Waals surface area contributed by atoms with Crippen molar-refractivity contribution in [2.75, 3.05) is 13.2 Å². The maximum absolute atomic E-state index is 12.8. The normalized spacial score (nSPS) is 18.7. The number of hydrogen-bond donors (Lipinski definition) is 0. The molecule has 1 aromatic rings. The Morgan fingerprint density at radius 3 is 2.15 bits per heavy atom. The van der Waals surface area contributed by atoms with Gasteiger partial charge in [-0.15, -0.1) is 0 Å². The molecule has 0 saturated carbocycles. The van der Waals surface area contributed by atoms with E-state index in [0.717, 1.165) is 11.1 Å². The van der Waals surface area contributed by atoms with Gasteiger partial charge >= 0.3 is 17.9 Å². The first-order valence-corrected chi connectivity index (χ1v) is 11.1. The SMILES string of the molecule is CCOC(=O)C1=C(C)N=C(C)C(C(=O)OCC)C1c1ccc(C=CC(=O)OC(C)(C)C)cc1. The number of carbonyl (C=O) groups excluding carboxylic acids is 3. The van der Waals surface area contributed by atoms with Gasteiger partial charge in [-0.3, -0.25) is 9.79 Å². The Hall–Kier alpha value is -3.22. The summed E-state index contributed by atoms with van der Waals surface area (Å²) in [6, 6.07) is 7.29. The maximum Gasteiger partial charge on any atom is 0.336 e. The minimum absolute atomic E-state index is 0.212. The van der Waals surface area contributed by atoms with E-state index in [9.17, 15) is 14.4 Å². The number of hydrogen-bond acceptors (Lipinski definition) is 7. The molecule has 0 saturated heterocycles. The van der Waals surface area contributed by atoms with Crippen LogP contribution in [0, 0.1) is 5.92 Å². The molecular weight excluding hydrogens is 422 g/mol. The molecule has 33 heavy (non-hydrogen) atoms. The Morgan fingerprint density at radius 2 is 1.61 bits per heavy atom. The van der Waals surface area contributed by atoms with Gasteiger partial charge in [0.25, 0.3) is 0 Å². The summed E-state index contributed by atoms with van der Waals surface area (Å²) in [7, 11) is 0. The van der Waals surface area contributed by atoms with Crippen LogP contribution in [0.4, 0.5) is 0 Å². The van der Waals surface area contributed by atoms with Crippen LogP contribution in [0.5, 0.6) is 0 Å². The maximum atomic E-state index is 12.8. The predicted molar refractivity (Wildman–Crippen MR) is 127 cm³/mol. The molecule has 0 aromatic heterocycles. The van der Waals surface area contributed by atoms with Crippen molar-refractivity contribution in [1.29, 1.82) is 0 Å². The van der Waals surface area contributed by atoms with Gasteiger partial charge in [0.1, 0.15) is 11.5 Å². The van der Waals surface area contributed by atoms with Crippen molar-refractivity contribution in [2.24, 2.45) is 10.9 Å². The molecular formula is C26H33NO6. The molecule has 1 heterocycles. The third-order valence-corrected chi connectivity index (χ3v) is 4.98. The largest absolute Gasteiger partial charge is 0.465 e. The average molecular weight is 456 g/mol. The molecule has 0 aliphatic carbocycles. The van der Waals surface area contributed by atoms with Crippen LogP contribution in [0.15, 0.2) is 46.6 Å². The van der Waals surface area contributed by atoms with Gasteiger partial charge in [0.05, 0.1) is 18.8 Å². The lowest BCUT2D eigenvalue weighted by molar-refractivity contribution is -0.149. The predicted octanol–water partition coefficient (Wildman–Crippen LogP) is 4.62. The second-order valence-electron chi connectivity index (χ2n) is 8.71. The van der Waals surface area contributed by atoms with Gasteiger partial charge in [-0.2, -0.15) is 0 Å². The van der Waals surface area contributed by atoms with E-state index in [1.54, 1.807) is 54.5 Å². The first kappa shape index (κ1) is 26.0. The molecule has 0 bridgehead atoms. The number of benzene rings is 1. The highest BCUT2D eigenvalue weighted by atomic mass is 16.6. The van der Waals surface area contributed by atoms with Gasteiger partial charge in [-0.25, -0.2) is 9.59 Å². The summed E-state index contributed by atoms with van der Waals surface area (Å²) in [5.41, 5.74) is 2.40. The Morgan fingerprint density at radius 1 is 1.00 bits per heavy atom. The zero-order chi connectivity index (χ0) is 24.8. The van der Waals surface area contributed by atoms with E-state index in [0.29, 0.717) is 17.0 Å². The monoisotopic (exact) mass is 455 g/mol. The fourth-order valence-corrected chi connectivity index (χ4v) is 3.72. The Balaban J connectivity index is 2.43. The summed E-state index contributed by atoms with van der Waals surface area (Å²) in [5.74, 6) is -2.71. The van der Waals surface area contributed by atoms with Crippen LogP contribution in [0.3, 0.4) is 0 Å². The topological polar surface area (TPSA) is 91.3 Å². The molecule has 0 N–H and O–H groups in total. The first-order valence-electron chi connectivity index (χ1n) is 11.1. The molecule has 0 fully saturated rings. The highest BCUT2D eigenvalue weighted by Gasteiger charge is 2.42. The number of rotatable bonds is 7. The van der Waals surface area contributed by atoms with Crippen molar-refractivity contribution >= 4 is 29.7 Å². The van der Waals surface area contributed by atoms with E-state index in [2.05, 4.69) is 4.99 Å². The third-order valence-electron chi connectivity index (χ3n) is 4.98. The van der Waals surface area contributed by atoms with Crippen molar-refractivity contribution in [2.45, 2.75) is 60.0 Å². The van der Waals surface area contributed by atoms with Crippen molar-refractivity contribution in [3.05, 3.63) is 52.7 Å². The molecule has 1 aromatic carbocycles. The zero-order valence-corrected chi connectivity index (χ0v) is 20.4. The number of allylic oxidation sites excluding steroid dienone is 1. The first-order chi connectivity index (χ1) is 15.5. The lowest BCUT2D eigenvalue weighted by atomic mass is 9.75. The van der Waals surface area contributed by atoms with Gasteiger partial charge in [0.2, 0.25) is 0 Å². The average Bonchev–Trinajstić information content (AvgIpc) is 2.71. The summed E-state index contributed by atoms with van der Waals surface area (Å²) < 4.78 is 15.9. The number of ether oxygens (including phenoxy) is 3. The minimum atomic E-state index is -0.740. The molecule has 7 nitrogen and oxygen atoms in total. The molecule has 2 atom stereocenters. The summed E-state index contributed by atoms with van der Waals surface area (Å²) in [6.45, 7) is 12.8. The fourth-order valence-electron chi connectivity index (χ4n) is 3.72. The van der Waals surface area contributed by atoms with E-state index < -0.39 is 35.3 Å². The lowest BCUT2D eigenvalue weighted by Gasteiger charge is -2.31. The molecule has 0 spiro atoms. The van der Waals surface area contributed by atoms with E-state index in [4.69, 9.17) is 14.2 Å². The fraction of sp³-hybridized carbons (Fsp3) is 0.462. The van der Waals surface area contributed by atoms with Crippen LogP contribution in [-0.2, 0) is 28.6 Å². The van der Waals surface area contributed by atoms with Crippen LogP contribution in [-0.4, -0.2) is 42.4 Å². The quantitative estimate of drug-likeness (QED) is 0.339. The van der Waals surface area contributed by atoms with Crippen LogP contribution < -0.4 is 0 Å². The van der Waals surface area contributed by atoms with Crippen molar-refractivity contribution in [3.8, 4) is 0 Å². The van der Waals surface area contributed by atoms with Gasteiger partial charge in [0, 0.05) is 23.4 Å². The minimum Gasteiger partial charge on any atom is -0.465 e. The Labute approximate surface area is 195 Å². The van der Waals surface area contributed by atoms with Crippen LogP contribution in [0.1, 0.15) is 65.5 Å². The van der Waals surface area contributed by atoms with Crippen molar-refractivity contribution in [3.63, 3.8) is 0 Å². The van der Waals surface area contributed by atoms with Gasteiger partial charge in [0.15, 0.2) is 0 Å². The second-order valence-corrected chi connectivity index (χ2v) is 8.71. The van der Waals surface area contributed by atoms with Crippen LogP contribution >= 0.6 is 0 Å². The number of aliphatic imine (C=N–C) groups is 1. The molecule has 178 valence electrons. The summed E-state index contributed by atoms with van der Waals surface area (Å²) in [6.07, 6.45) is 3.02. The molecule has 2 rings (SSSR count). The standard InChI is InChI=1S/C26H33NO6/c1-8-31-24(29)21-16(3)27-17(4)22(25(30)32-9-2)23(21)19-13-10-18(11-14-19)12-15-20(28)33-26(5,6)7/h10-15,21,23H,8-9H2,1-7H3. The van der Waals surface area contributed by atoms with Crippen molar-refractivity contribution < 1.29 is 28.6 Å².